The van der Waals surface area contributed by atoms with Gasteiger partial charge in [-0.05, 0) is 24.3 Å². The molecule has 23 heavy (non-hydrogen) atoms. The third-order valence-electron chi connectivity index (χ3n) is 3.28. The maximum atomic E-state index is 6.18. The molecule has 1 aromatic heterocycles. The SMILES string of the molecule is COc1ccc(Nc2nc(Cl)c(C=NN3CCOCC3)s2)cc1. The van der Waals surface area contributed by atoms with Gasteiger partial charge in [-0.15, -0.1) is 0 Å². The van der Waals surface area contributed by atoms with Crippen molar-refractivity contribution in [1.29, 1.82) is 0 Å². The monoisotopic (exact) mass is 352 g/mol. The summed E-state index contributed by atoms with van der Waals surface area (Å²) in [6.07, 6.45) is 1.75. The largest absolute Gasteiger partial charge is 0.497 e. The molecular formula is C15H17ClN4O2S. The summed E-state index contributed by atoms with van der Waals surface area (Å²) in [4.78, 5) is 5.15. The zero-order chi connectivity index (χ0) is 16.1. The van der Waals surface area contributed by atoms with Crippen LogP contribution in [0.2, 0.25) is 5.15 Å². The van der Waals surface area contributed by atoms with Gasteiger partial charge in [0, 0.05) is 5.69 Å². The van der Waals surface area contributed by atoms with Crippen LogP contribution < -0.4 is 10.1 Å². The van der Waals surface area contributed by atoms with E-state index in [-0.39, 0.29) is 0 Å². The molecule has 2 aromatic rings. The third-order valence-corrected chi connectivity index (χ3v) is 4.58. The van der Waals surface area contributed by atoms with Crippen LogP contribution in [0.1, 0.15) is 4.88 Å². The first-order valence-corrected chi connectivity index (χ1v) is 8.38. The lowest BCUT2D eigenvalue weighted by Gasteiger charge is -2.23. The molecule has 0 bridgehead atoms. The lowest BCUT2D eigenvalue weighted by atomic mass is 10.3. The maximum absolute atomic E-state index is 6.18. The summed E-state index contributed by atoms with van der Waals surface area (Å²) in [5.74, 6) is 0.811. The summed E-state index contributed by atoms with van der Waals surface area (Å²) in [5, 5.41) is 10.8. The molecule has 8 heteroatoms. The fourth-order valence-electron chi connectivity index (χ4n) is 2.05. The van der Waals surface area contributed by atoms with Crippen molar-refractivity contribution < 1.29 is 9.47 Å². The number of benzene rings is 1. The van der Waals surface area contributed by atoms with E-state index in [9.17, 15) is 0 Å². The summed E-state index contributed by atoms with van der Waals surface area (Å²) < 4.78 is 10.4. The molecule has 0 radical (unpaired) electrons. The van der Waals surface area contributed by atoms with Crippen molar-refractivity contribution in [3.63, 3.8) is 0 Å². The molecule has 0 atom stereocenters. The Labute approximate surface area is 143 Å². The molecule has 2 heterocycles. The summed E-state index contributed by atoms with van der Waals surface area (Å²) in [5.41, 5.74) is 0.924. The molecule has 6 nitrogen and oxygen atoms in total. The van der Waals surface area contributed by atoms with Gasteiger partial charge in [-0.3, -0.25) is 5.01 Å². The van der Waals surface area contributed by atoms with Crippen LogP contribution in [0, 0.1) is 0 Å². The molecule has 122 valence electrons. The summed E-state index contributed by atoms with van der Waals surface area (Å²) in [7, 11) is 1.64. The number of aromatic nitrogens is 1. The normalized spacial score (nSPS) is 15.1. The van der Waals surface area contributed by atoms with Crippen LogP contribution in [0.4, 0.5) is 10.8 Å². The molecular weight excluding hydrogens is 336 g/mol. The zero-order valence-electron chi connectivity index (χ0n) is 12.7. The molecule has 0 unspecified atom stereocenters. The highest BCUT2D eigenvalue weighted by Crippen LogP contribution is 2.28. The number of rotatable bonds is 5. The number of anilines is 2. The Balaban J connectivity index is 1.66. The van der Waals surface area contributed by atoms with Gasteiger partial charge in [0.1, 0.15) is 5.75 Å². The van der Waals surface area contributed by atoms with Gasteiger partial charge in [0.2, 0.25) is 0 Å². The Kier molecular flexibility index (Phi) is 5.32. The molecule has 0 spiro atoms. The second-order valence-corrected chi connectivity index (χ2v) is 6.23. The van der Waals surface area contributed by atoms with Gasteiger partial charge in [-0.2, -0.15) is 5.10 Å². The van der Waals surface area contributed by atoms with Gasteiger partial charge in [-0.1, -0.05) is 22.9 Å². The minimum atomic E-state index is 0.447. The van der Waals surface area contributed by atoms with E-state index >= 15 is 0 Å². The van der Waals surface area contributed by atoms with Gasteiger partial charge in [0.15, 0.2) is 10.3 Å². The number of hydrogen-bond donors (Lipinski definition) is 1. The second kappa shape index (κ2) is 7.63. The number of halogens is 1. The van der Waals surface area contributed by atoms with Crippen LogP contribution in [0.3, 0.4) is 0 Å². The molecule has 1 saturated heterocycles. The van der Waals surface area contributed by atoms with E-state index in [2.05, 4.69) is 15.4 Å². The summed E-state index contributed by atoms with van der Waals surface area (Å²) in [6.45, 7) is 3.00. The molecule has 0 amide bonds. The van der Waals surface area contributed by atoms with Crippen molar-refractivity contribution in [3.8, 4) is 5.75 Å². The van der Waals surface area contributed by atoms with E-state index in [1.165, 1.54) is 11.3 Å². The van der Waals surface area contributed by atoms with Crippen LogP contribution in [0.5, 0.6) is 5.75 Å². The van der Waals surface area contributed by atoms with E-state index in [4.69, 9.17) is 21.1 Å². The van der Waals surface area contributed by atoms with Gasteiger partial charge in [0.05, 0.1) is 44.5 Å². The van der Waals surface area contributed by atoms with Gasteiger partial charge >= 0.3 is 0 Å². The number of morpholine rings is 1. The number of methoxy groups -OCH3 is 1. The highest BCUT2D eigenvalue weighted by molar-refractivity contribution is 7.17. The van der Waals surface area contributed by atoms with E-state index in [0.717, 1.165) is 34.5 Å². The molecule has 1 aliphatic rings. The van der Waals surface area contributed by atoms with Gasteiger partial charge in [0.25, 0.3) is 0 Å². The van der Waals surface area contributed by atoms with Crippen LogP contribution >= 0.6 is 22.9 Å². The molecule has 1 aliphatic heterocycles. The van der Waals surface area contributed by atoms with Crippen molar-refractivity contribution in [1.82, 2.24) is 9.99 Å². The summed E-state index contributed by atoms with van der Waals surface area (Å²) in [6, 6.07) is 7.63. The topological polar surface area (TPSA) is 59.0 Å². The number of nitrogens with one attached hydrogen (secondary N) is 1. The van der Waals surface area contributed by atoms with Crippen LogP contribution in [-0.4, -0.2) is 49.6 Å². The first kappa shape index (κ1) is 16.0. The minimum absolute atomic E-state index is 0.447. The minimum Gasteiger partial charge on any atom is -0.497 e. The number of hydrazone groups is 1. The van der Waals surface area contributed by atoms with Crippen LogP contribution in [0.25, 0.3) is 0 Å². The molecule has 1 fully saturated rings. The van der Waals surface area contributed by atoms with Crippen molar-refractivity contribution in [2.75, 3.05) is 38.7 Å². The van der Waals surface area contributed by atoms with Crippen molar-refractivity contribution in [2.45, 2.75) is 0 Å². The smallest absolute Gasteiger partial charge is 0.189 e. The predicted octanol–water partition coefficient (Wildman–Crippen LogP) is 3.21. The number of hydrogen-bond acceptors (Lipinski definition) is 7. The Bertz CT molecular complexity index is 669. The number of ether oxygens (including phenoxy) is 2. The average Bonchev–Trinajstić information content (AvgIpc) is 2.94. The maximum Gasteiger partial charge on any atom is 0.189 e. The van der Waals surface area contributed by atoms with Crippen molar-refractivity contribution >= 4 is 40.0 Å². The van der Waals surface area contributed by atoms with Crippen molar-refractivity contribution in [3.05, 3.63) is 34.3 Å². The fourth-order valence-corrected chi connectivity index (χ4v) is 3.09. The van der Waals surface area contributed by atoms with E-state index in [1.54, 1.807) is 13.3 Å². The Morgan fingerprint density at radius 1 is 1.35 bits per heavy atom. The average molecular weight is 353 g/mol. The highest BCUT2D eigenvalue weighted by Gasteiger charge is 2.10. The van der Waals surface area contributed by atoms with E-state index < -0.39 is 0 Å². The highest BCUT2D eigenvalue weighted by atomic mass is 35.5. The van der Waals surface area contributed by atoms with E-state index in [1.807, 2.05) is 29.3 Å². The number of nitrogens with zero attached hydrogens (tertiary/aromatic N) is 3. The van der Waals surface area contributed by atoms with Crippen LogP contribution in [0.15, 0.2) is 29.4 Å². The predicted molar refractivity (Wildman–Crippen MR) is 93.4 cm³/mol. The van der Waals surface area contributed by atoms with Gasteiger partial charge in [-0.25, -0.2) is 4.98 Å². The Morgan fingerprint density at radius 3 is 2.78 bits per heavy atom. The van der Waals surface area contributed by atoms with E-state index in [0.29, 0.717) is 18.4 Å². The standard InChI is InChI=1S/C15H17ClN4O2S/c1-21-12-4-2-11(3-5-12)18-15-19-14(16)13(23-15)10-17-20-6-8-22-9-7-20/h2-5,10H,6-9H2,1H3,(H,18,19). The van der Waals surface area contributed by atoms with Gasteiger partial charge < -0.3 is 14.8 Å². The lowest BCUT2D eigenvalue weighted by molar-refractivity contribution is 0.0397. The Hall–Kier alpha value is -1.83. The second-order valence-electron chi connectivity index (χ2n) is 4.84. The van der Waals surface area contributed by atoms with Crippen molar-refractivity contribution in [2.24, 2.45) is 5.10 Å². The lowest BCUT2D eigenvalue weighted by Crippen LogP contribution is -2.32. The summed E-state index contributed by atoms with van der Waals surface area (Å²) >= 11 is 7.64. The number of thiazole rings is 1. The first-order valence-electron chi connectivity index (χ1n) is 7.18. The zero-order valence-corrected chi connectivity index (χ0v) is 14.2. The quantitative estimate of drug-likeness (QED) is 0.837. The fraction of sp³-hybridized carbons (Fsp3) is 0.333. The molecule has 3 rings (SSSR count). The Morgan fingerprint density at radius 2 is 2.09 bits per heavy atom. The molecule has 0 aliphatic carbocycles. The molecule has 1 aromatic carbocycles. The third kappa shape index (κ3) is 4.34. The molecule has 0 saturated carbocycles. The van der Waals surface area contributed by atoms with Crippen LogP contribution in [-0.2, 0) is 4.74 Å². The first-order chi connectivity index (χ1) is 11.2. The molecule has 1 N–H and O–H groups in total.